The summed E-state index contributed by atoms with van der Waals surface area (Å²) in [6.45, 7) is 2.89. The van der Waals surface area contributed by atoms with E-state index < -0.39 is 9.84 Å². The molecular weight excluding hydrogens is 342 g/mol. The molecule has 0 spiro atoms. The lowest BCUT2D eigenvalue weighted by molar-refractivity contribution is 0.436. The minimum atomic E-state index is -3.03. The Balaban J connectivity index is 2.39. The van der Waals surface area contributed by atoms with Crippen molar-refractivity contribution in [3.05, 3.63) is 16.4 Å². The van der Waals surface area contributed by atoms with Crippen LogP contribution in [0.5, 0.6) is 0 Å². The Labute approximate surface area is 129 Å². The van der Waals surface area contributed by atoms with Crippen molar-refractivity contribution >= 4 is 25.8 Å². The summed E-state index contributed by atoms with van der Waals surface area (Å²) in [6, 6.07) is -0.205. The van der Waals surface area contributed by atoms with Crippen molar-refractivity contribution in [1.82, 2.24) is 15.1 Å². The average molecular weight is 364 g/mol. The van der Waals surface area contributed by atoms with Crippen molar-refractivity contribution < 1.29 is 8.42 Å². The van der Waals surface area contributed by atoms with Crippen molar-refractivity contribution in [2.24, 2.45) is 0 Å². The maximum absolute atomic E-state index is 12.4. The molecule has 1 fully saturated rings. The van der Waals surface area contributed by atoms with Crippen molar-refractivity contribution in [3.63, 3.8) is 0 Å². The number of aromatic nitrogens is 2. The molecule has 2 unspecified atom stereocenters. The molecule has 0 bridgehead atoms. The Morgan fingerprint density at radius 2 is 2.30 bits per heavy atom. The largest absolute Gasteiger partial charge is 0.311 e. The minimum Gasteiger partial charge on any atom is -0.311 e. The summed E-state index contributed by atoms with van der Waals surface area (Å²) in [6.07, 6.45) is 5.20. The van der Waals surface area contributed by atoms with Gasteiger partial charge in [0.1, 0.15) is 0 Å². The van der Waals surface area contributed by atoms with Crippen molar-refractivity contribution in [1.29, 1.82) is 0 Å². The zero-order valence-electron chi connectivity index (χ0n) is 12.0. The standard InChI is InChI=1S/C13H22BrN3O2S/c1-3-7-17-13(10(14)9-16-17)12(15-2)11-6-4-5-8-20(11,18)19/h9,11-12,15H,3-8H2,1-2H3. The summed E-state index contributed by atoms with van der Waals surface area (Å²) in [5, 5.41) is 7.19. The van der Waals surface area contributed by atoms with Crippen LogP contribution in [0.2, 0.25) is 0 Å². The second-order valence-corrected chi connectivity index (χ2v) is 8.46. The first-order valence-corrected chi connectivity index (χ1v) is 9.62. The summed E-state index contributed by atoms with van der Waals surface area (Å²) in [7, 11) is -1.21. The molecule has 0 aliphatic carbocycles. The molecule has 1 N–H and O–H groups in total. The molecule has 2 rings (SSSR count). The molecule has 0 saturated carbocycles. The van der Waals surface area contributed by atoms with Crippen LogP contribution in [0.15, 0.2) is 10.7 Å². The van der Waals surface area contributed by atoms with Gasteiger partial charge in [-0.05, 0) is 42.2 Å². The number of nitrogens with one attached hydrogen (secondary N) is 1. The molecule has 1 aromatic heterocycles. The molecule has 114 valence electrons. The van der Waals surface area contributed by atoms with E-state index in [-0.39, 0.29) is 11.3 Å². The van der Waals surface area contributed by atoms with Gasteiger partial charge in [-0.25, -0.2) is 8.42 Å². The first kappa shape index (κ1) is 16.0. The number of hydrogen-bond acceptors (Lipinski definition) is 4. The number of rotatable bonds is 5. The normalized spacial score (nSPS) is 23.6. The van der Waals surface area contributed by atoms with Crippen LogP contribution in [0.25, 0.3) is 0 Å². The number of halogens is 1. The lowest BCUT2D eigenvalue weighted by Crippen LogP contribution is -2.40. The van der Waals surface area contributed by atoms with Crippen LogP contribution in [0.3, 0.4) is 0 Å². The zero-order chi connectivity index (χ0) is 14.8. The van der Waals surface area contributed by atoms with Gasteiger partial charge >= 0.3 is 0 Å². The van der Waals surface area contributed by atoms with Crippen LogP contribution < -0.4 is 5.32 Å². The van der Waals surface area contributed by atoms with Crippen LogP contribution in [0.1, 0.15) is 44.3 Å². The highest BCUT2D eigenvalue weighted by Gasteiger charge is 2.38. The number of nitrogens with zero attached hydrogens (tertiary/aromatic N) is 2. The fourth-order valence-corrected chi connectivity index (χ4v) is 5.58. The zero-order valence-corrected chi connectivity index (χ0v) is 14.4. The fourth-order valence-electron chi connectivity index (χ4n) is 2.92. The molecule has 0 aromatic carbocycles. The van der Waals surface area contributed by atoms with E-state index in [0.29, 0.717) is 5.75 Å². The molecule has 1 aromatic rings. The number of hydrogen-bond donors (Lipinski definition) is 1. The van der Waals surface area contributed by atoms with E-state index in [9.17, 15) is 8.42 Å². The van der Waals surface area contributed by atoms with E-state index in [1.807, 2.05) is 11.7 Å². The first-order valence-electron chi connectivity index (χ1n) is 7.11. The topological polar surface area (TPSA) is 64.0 Å². The monoisotopic (exact) mass is 363 g/mol. The molecule has 0 amide bonds. The van der Waals surface area contributed by atoms with Gasteiger partial charge in [-0.2, -0.15) is 5.10 Å². The lowest BCUT2D eigenvalue weighted by atomic mass is 10.0. The average Bonchev–Trinajstić information content (AvgIpc) is 2.75. The van der Waals surface area contributed by atoms with Gasteiger partial charge in [-0.1, -0.05) is 13.3 Å². The molecule has 5 nitrogen and oxygen atoms in total. The van der Waals surface area contributed by atoms with Crippen LogP contribution in [-0.2, 0) is 16.4 Å². The molecule has 1 aliphatic heterocycles. The lowest BCUT2D eigenvalue weighted by Gasteiger charge is -2.30. The molecule has 2 atom stereocenters. The molecule has 0 radical (unpaired) electrons. The van der Waals surface area contributed by atoms with Gasteiger partial charge in [0.25, 0.3) is 0 Å². The van der Waals surface area contributed by atoms with Crippen LogP contribution >= 0.6 is 15.9 Å². The molecule has 1 saturated heterocycles. The smallest absolute Gasteiger partial charge is 0.155 e. The Bertz CT molecular complexity index is 556. The first-order chi connectivity index (χ1) is 9.51. The summed E-state index contributed by atoms with van der Waals surface area (Å²) in [5.41, 5.74) is 0.949. The molecule has 1 aliphatic rings. The second kappa shape index (κ2) is 6.58. The van der Waals surface area contributed by atoms with Gasteiger partial charge in [-0.15, -0.1) is 0 Å². The molecular formula is C13H22BrN3O2S. The third kappa shape index (κ3) is 3.09. The van der Waals surface area contributed by atoms with E-state index in [1.165, 1.54) is 0 Å². The Morgan fingerprint density at radius 3 is 2.90 bits per heavy atom. The van der Waals surface area contributed by atoms with E-state index in [1.54, 1.807) is 6.20 Å². The van der Waals surface area contributed by atoms with Crippen LogP contribution in [-0.4, -0.2) is 36.2 Å². The quantitative estimate of drug-likeness (QED) is 0.871. The Morgan fingerprint density at radius 1 is 1.55 bits per heavy atom. The number of sulfone groups is 1. The highest BCUT2D eigenvalue weighted by molar-refractivity contribution is 9.10. The minimum absolute atomic E-state index is 0.205. The van der Waals surface area contributed by atoms with Gasteiger partial charge < -0.3 is 5.32 Å². The van der Waals surface area contributed by atoms with Gasteiger partial charge in [0, 0.05) is 6.54 Å². The highest BCUT2D eigenvalue weighted by Crippen LogP contribution is 2.34. The van der Waals surface area contributed by atoms with E-state index in [2.05, 4.69) is 33.3 Å². The summed E-state index contributed by atoms with van der Waals surface area (Å²) in [5.74, 6) is 0.301. The second-order valence-electron chi connectivity index (χ2n) is 5.27. The molecule has 7 heteroatoms. The third-order valence-electron chi connectivity index (χ3n) is 3.87. The third-order valence-corrected chi connectivity index (χ3v) is 6.77. The summed E-state index contributed by atoms with van der Waals surface area (Å²) >= 11 is 3.51. The predicted octanol–water partition coefficient (Wildman–Crippen LogP) is 2.28. The maximum Gasteiger partial charge on any atom is 0.155 e. The van der Waals surface area contributed by atoms with Crippen molar-refractivity contribution in [3.8, 4) is 0 Å². The molecule has 2 heterocycles. The van der Waals surface area contributed by atoms with Crippen molar-refractivity contribution in [2.75, 3.05) is 12.8 Å². The SMILES string of the molecule is CCCn1ncc(Br)c1C(NC)C1CCCCS1(=O)=O. The van der Waals surface area contributed by atoms with Crippen LogP contribution in [0, 0.1) is 0 Å². The van der Waals surface area contributed by atoms with Gasteiger partial charge in [0.2, 0.25) is 0 Å². The van der Waals surface area contributed by atoms with Gasteiger partial charge in [0.15, 0.2) is 9.84 Å². The number of aryl methyl sites for hydroxylation is 1. The fraction of sp³-hybridized carbons (Fsp3) is 0.769. The Hall–Kier alpha value is -0.400. The Kier molecular flexibility index (Phi) is 5.25. The van der Waals surface area contributed by atoms with E-state index in [4.69, 9.17) is 0 Å². The van der Waals surface area contributed by atoms with E-state index in [0.717, 1.165) is 42.4 Å². The highest BCUT2D eigenvalue weighted by atomic mass is 79.9. The van der Waals surface area contributed by atoms with Gasteiger partial charge in [0.05, 0.1) is 33.4 Å². The maximum atomic E-state index is 12.4. The van der Waals surface area contributed by atoms with E-state index >= 15 is 0 Å². The molecule has 20 heavy (non-hydrogen) atoms. The summed E-state index contributed by atoms with van der Waals surface area (Å²) < 4.78 is 27.5. The van der Waals surface area contributed by atoms with Crippen LogP contribution in [0.4, 0.5) is 0 Å². The summed E-state index contributed by atoms with van der Waals surface area (Å²) in [4.78, 5) is 0. The van der Waals surface area contributed by atoms with Crippen molar-refractivity contribution in [2.45, 2.75) is 50.4 Å². The van der Waals surface area contributed by atoms with Gasteiger partial charge in [-0.3, -0.25) is 4.68 Å². The predicted molar refractivity (Wildman–Crippen MR) is 83.4 cm³/mol.